The van der Waals surface area contributed by atoms with E-state index in [9.17, 15) is 14.9 Å². The maximum atomic E-state index is 11.7. The van der Waals surface area contributed by atoms with Gasteiger partial charge < -0.3 is 0 Å². The molecule has 1 aromatic carbocycles. The molecule has 0 radical (unpaired) electrons. The first-order chi connectivity index (χ1) is 9.08. The molecule has 0 atom stereocenters. The number of nitrogens with one attached hydrogen (secondary N) is 1. The summed E-state index contributed by atoms with van der Waals surface area (Å²) in [6.07, 6.45) is 3.64. The Balaban J connectivity index is 2.61. The van der Waals surface area contributed by atoms with Gasteiger partial charge in [-0.25, -0.2) is 5.43 Å². The Bertz CT molecular complexity index is 465. The number of non-ortho nitro benzene ring substituents is 1. The predicted octanol–water partition coefficient (Wildman–Crippen LogP) is 2.75. The van der Waals surface area contributed by atoms with E-state index in [1.54, 1.807) is 6.21 Å². The molecular formula is C13H17N3O3. The Morgan fingerprint density at radius 1 is 1.37 bits per heavy atom. The zero-order valence-electron chi connectivity index (χ0n) is 11.0. The number of amides is 1. The summed E-state index contributed by atoms with van der Waals surface area (Å²) in [7, 11) is 0. The summed E-state index contributed by atoms with van der Waals surface area (Å²) in [6.45, 7) is 4.11. The molecule has 0 saturated carbocycles. The Labute approximate surface area is 111 Å². The second kappa shape index (κ2) is 7.25. The summed E-state index contributed by atoms with van der Waals surface area (Å²) >= 11 is 0. The summed E-state index contributed by atoms with van der Waals surface area (Å²) in [5.41, 5.74) is 2.70. The van der Waals surface area contributed by atoms with E-state index in [0.717, 1.165) is 12.8 Å². The van der Waals surface area contributed by atoms with Gasteiger partial charge in [0.25, 0.3) is 11.6 Å². The highest BCUT2D eigenvalue weighted by molar-refractivity contribution is 5.94. The van der Waals surface area contributed by atoms with Gasteiger partial charge in [0.15, 0.2) is 0 Å². The normalized spacial score (nSPS) is 10.9. The van der Waals surface area contributed by atoms with E-state index in [1.807, 2.05) is 0 Å². The van der Waals surface area contributed by atoms with Gasteiger partial charge in [0.1, 0.15) is 0 Å². The maximum Gasteiger partial charge on any atom is 0.271 e. The van der Waals surface area contributed by atoms with Crippen molar-refractivity contribution in [3.8, 4) is 0 Å². The van der Waals surface area contributed by atoms with Crippen molar-refractivity contribution >= 4 is 17.8 Å². The van der Waals surface area contributed by atoms with Gasteiger partial charge in [-0.2, -0.15) is 5.10 Å². The Morgan fingerprint density at radius 3 is 2.42 bits per heavy atom. The van der Waals surface area contributed by atoms with Gasteiger partial charge in [0.05, 0.1) is 4.92 Å². The molecule has 0 unspecified atom stereocenters. The van der Waals surface area contributed by atoms with E-state index in [2.05, 4.69) is 24.4 Å². The van der Waals surface area contributed by atoms with Crippen LogP contribution in [0.1, 0.15) is 37.0 Å². The topological polar surface area (TPSA) is 84.6 Å². The van der Waals surface area contributed by atoms with E-state index in [1.165, 1.54) is 24.3 Å². The third-order valence-corrected chi connectivity index (χ3v) is 2.84. The number of nitro benzene ring substituents is 1. The number of nitrogens with zero attached hydrogens (tertiary/aromatic N) is 2. The SMILES string of the molecule is CCC(/C=N\NC(=O)c1ccc([N+](=O)[O-])cc1)CC. The van der Waals surface area contributed by atoms with Crippen LogP contribution in [0.2, 0.25) is 0 Å². The second-order valence-corrected chi connectivity index (χ2v) is 4.10. The molecule has 1 N–H and O–H groups in total. The highest BCUT2D eigenvalue weighted by atomic mass is 16.6. The summed E-state index contributed by atoms with van der Waals surface area (Å²) < 4.78 is 0. The van der Waals surface area contributed by atoms with Crippen molar-refractivity contribution in [2.75, 3.05) is 0 Å². The number of hydrogen-bond acceptors (Lipinski definition) is 4. The molecule has 0 spiro atoms. The molecule has 0 heterocycles. The predicted molar refractivity (Wildman–Crippen MR) is 73.1 cm³/mol. The van der Waals surface area contributed by atoms with Gasteiger partial charge in [0, 0.05) is 23.9 Å². The number of carbonyl (C=O) groups excluding carboxylic acids is 1. The van der Waals surface area contributed by atoms with Gasteiger partial charge in [-0.05, 0) is 30.9 Å². The van der Waals surface area contributed by atoms with Crippen LogP contribution < -0.4 is 5.43 Å². The van der Waals surface area contributed by atoms with Crippen LogP contribution in [-0.4, -0.2) is 17.0 Å². The van der Waals surface area contributed by atoms with Crippen LogP contribution in [0.3, 0.4) is 0 Å². The summed E-state index contributed by atoms with van der Waals surface area (Å²) in [6, 6.07) is 5.39. The molecule has 6 nitrogen and oxygen atoms in total. The number of nitro groups is 1. The first-order valence-corrected chi connectivity index (χ1v) is 6.16. The van der Waals surface area contributed by atoms with Crippen molar-refractivity contribution in [1.82, 2.24) is 5.43 Å². The fourth-order valence-corrected chi connectivity index (χ4v) is 1.50. The molecule has 0 aliphatic rings. The molecular weight excluding hydrogens is 246 g/mol. The van der Waals surface area contributed by atoms with Crippen molar-refractivity contribution in [2.24, 2.45) is 11.0 Å². The largest absolute Gasteiger partial charge is 0.271 e. The third-order valence-electron chi connectivity index (χ3n) is 2.84. The molecule has 102 valence electrons. The van der Waals surface area contributed by atoms with Crippen LogP contribution in [0.15, 0.2) is 29.4 Å². The van der Waals surface area contributed by atoms with Crippen molar-refractivity contribution in [3.05, 3.63) is 39.9 Å². The standard InChI is InChI=1S/C13H17N3O3/c1-3-10(4-2)9-14-15-13(17)11-5-7-12(8-6-11)16(18)19/h5-10H,3-4H2,1-2H3,(H,15,17)/b14-9-. The monoisotopic (exact) mass is 263 g/mol. The fraction of sp³-hybridized carbons (Fsp3) is 0.385. The highest BCUT2D eigenvalue weighted by Crippen LogP contribution is 2.11. The molecule has 0 fully saturated rings. The lowest BCUT2D eigenvalue weighted by molar-refractivity contribution is -0.384. The van der Waals surface area contributed by atoms with E-state index >= 15 is 0 Å². The lowest BCUT2D eigenvalue weighted by Gasteiger charge is -2.04. The van der Waals surface area contributed by atoms with Gasteiger partial charge >= 0.3 is 0 Å². The molecule has 1 aromatic rings. The van der Waals surface area contributed by atoms with E-state index < -0.39 is 4.92 Å². The second-order valence-electron chi connectivity index (χ2n) is 4.10. The number of carbonyl (C=O) groups is 1. The number of rotatable bonds is 6. The van der Waals surface area contributed by atoms with E-state index in [0.29, 0.717) is 11.5 Å². The minimum Gasteiger partial charge on any atom is -0.267 e. The quantitative estimate of drug-likeness (QED) is 0.486. The fourth-order valence-electron chi connectivity index (χ4n) is 1.50. The number of hydrogen-bond donors (Lipinski definition) is 1. The molecule has 19 heavy (non-hydrogen) atoms. The van der Waals surface area contributed by atoms with Crippen LogP contribution in [0.4, 0.5) is 5.69 Å². The zero-order chi connectivity index (χ0) is 14.3. The van der Waals surface area contributed by atoms with Gasteiger partial charge in [0.2, 0.25) is 0 Å². The third kappa shape index (κ3) is 4.50. The Hall–Kier alpha value is -2.24. The summed E-state index contributed by atoms with van der Waals surface area (Å²) in [5, 5.41) is 14.4. The summed E-state index contributed by atoms with van der Waals surface area (Å²) in [4.78, 5) is 21.7. The van der Waals surface area contributed by atoms with Crippen LogP contribution >= 0.6 is 0 Å². The molecule has 0 aliphatic carbocycles. The van der Waals surface area contributed by atoms with Crippen molar-refractivity contribution in [3.63, 3.8) is 0 Å². The van der Waals surface area contributed by atoms with E-state index in [-0.39, 0.29) is 11.6 Å². The average molecular weight is 263 g/mol. The molecule has 0 saturated heterocycles. The van der Waals surface area contributed by atoms with Crippen LogP contribution in [0.25, 0.3) is 0 Å². The molecule has 0 bridgehead atoms. The smallest absolute Gasteiger partial charge is 0.267 e. The first-order valence-electron chi connectivity index (χ1n) is 6.16. The lowest BCUT2D eigenvalue weighted by Crippen LogP contribution is -2.18. The Morgan fingerprint density at radius 2 is 1.95 bits per heavy atom. The van der Waals surface area contributed by atoms with Crippen molar-refractivity contribution in [1.29, 1.82) is 0 Å². The highest BCUT2D eigenvalue weighted by Gasteiger charge is 2.08. The van der Waals surface area contributed by atoms with Gasteiger partial charge in [-0.15, -0.1) is 0 Å². The van der Waals surface area contributed by atoms with Crippen LogP contribution in [-0.2, 0) is 0 Å². The number of hydrazone groups is 1. The molecule has 0 aliphatic heterocycles. The lowest BCUT2D eigenvalue weighted by atomic mass is 10.1. The summed E-state index contributed by atoms with van der Waals surface area (Å²) in [5.74, 6) is -0.0331. The van der Waals surface area contributed by atoms with E-state index in [4.69, 9.17) is 0 Å². The Kier molecular flexibility index (Phi) is 5.66. The van der Waals surface area contributed by atoms with Crippen molar-refractivity contribution < 1.29 is 9.72 Å². The minimum atomic E-state index is -0.507. The average Bonchev–Trinajstić information content (AvgIpc) is 2.43. The van der Waals surface area contributed by atoms with Gasteiger partial charge in [-0.3, -0.25) is 14.9 Å². The zero-order valence-corrected chi connectivity index (χ0v) is 11.0. The molecule has 1 amide bonds. The van der Waals surface area contributed by atoms with Gasteiger partial charge in [-0.1, -0.05) is 13.8 Å². The molecule has 6 heteroatoms. The maximum absolute atomic E-state index is 11.7. The van der Waals surface area contributed by atoms with Crippen molar-refractivity contribution in [2.45, 2.75) is 26.7 Å². The molecule has 0 aromatic heterocycles. The number of benzene rings is 1. The molecule has 1 rings (SSSR count). The van der Waals surface area contributed by atoms with Crippen LogP contribution in [0.5, 0.6) is 0 Å². The first kappa shape index (κ1) is 14.8. The minimum absolute atomic E-state index is 0.0444. The van der Waals surface area contributed by atoms with Crippen LogP contribution in [0, 0.1) is 16.0 Å².